The van der Waals surface area contributed by atoms with Crippen LogP contribution in [0.15, 0.2) is 18.2 Å². The zero-order valence-electron chi connectivity index (χ0n) is 14.2. The van der Waals surface area contributed by atoms with Crippen LogP contribution in [0, 0.1) is 11.3 Å². The highest BCUT2D eigenvalue weighted by atomic mass is 32.2. The average Bonchev–Trinajstić information content (AvgIpc) is 3.14. The van der Waals surface area contributed by atoms with Gasteiger partial charge in [0, 0.05) is 24.5 Å². The normalized spacial score (nSPS) is 15.6. The molecule has 3 N–H and O–H groups in total. The number of unbranched alkanes of at least 4 members (excludes halogenated alkanes) is 1. The maximum atomic E-state index is 13.1. The van der Waals surface area contributed by atoms with E-state index >= 15 is 0 Å². The first-order valence-electron chi connectivity index (χ1n) is 8.30. The lowest BCUT2D eigenvalue weighted by molar-refractivity contribution is -0.137. The number of anilines is 1. The number of hydrogen-bond donors (Lipinski definition) is 2. The summed E-state index contributed by atoms with van der Waals surface area (Å²) in [5, 5.41) is 11.5. The van der Waals surface area contributed by atoms with E-state index in [1.54, 1.807) is 22.7 Å². The number of carbonyl (C=O) groups excluding carboxylic acids is 1. The molecule has 1 amide bonds. The van der Waals surface area contributed by atoms with Crippen LogP contribution >= 0.6 is 11.8 Å². The van der Waals surface area contributed by atoms with Crippen LogP contribution in [0.5, 0.6) is 0 Å². The summed E-state index contributed by atoms with van der Waals surface area (Å²) in [6.07, 6.45) is -2.80. The number of nitrogens with zero attached hydrogens (tertiary/aromatic N) is 2. The predicted octanol–water partition coefficient (Wildman–Crippen LogP) is 3.02. The van der Waals surface area contributed by atoms with E-state index in [2.05, 4.69) is 5.32 Å². The Morgan fingerprint density at radius 2 is 2.19 bits per heavy atom. The van der Waals surface area contributed by atoms with Crippen molar-refractivity contribution in [3.8, 4) is 6.07 Å². The molecule has 1 atom stereocenters. The van der Waals surface area contributed by atoms with Gasteiger partial charge in [-0.25, -0.2) is 0 Å². The van der Waals surface area contributed by atoms with E-state index in [-0.39, 0.29) is 17.2 Å². The number of hydrogen-bond acceptors (Lipinski definition) is 5. The Kier molecular flexibility index (Phi) is 7.17. The molecule has 1 fully saturated rings. The molecule has 1 aliphatic rings. The maximum Gasteiger partial charge on any atom is 0.418 e. The van der Waals surface area contributed by atoms with Gasteiger partial charge in [0.05, 0.1) is 29.1 Å². The number of amides is 1. The van der Waals surface area contributed by atoms with Crippen LogP contribution in [-0.4, -0.2) is 41.6 Å². The fraction of sp³-hybridized carbons (Fsp3) is 0.529. The van der Waals surface area contributed by atoms with Crippen LogP contribution in [0.3, 0.4) is 0 Å². The van der Waals surface area contributed by atoms with Crippen molar-refractivity contribution in [3.63, 3.8) is 0 Å². The summed E-state index contributed by atoms with van der Waals surface area (Å²) in [5.41, 5.74) is 4.97. The van der Waals surface area contributed by atoms with E-state index in [1.165, 1.54) is 12.1 Å². The van der Waals surface area contributed by atoms with Gasteiger partial charge in [0.2, 0.25) is 5.91 Å². The van der Waals surface area contributed by atoms with E-state index < -0.39 is 17.8 Å². The minimum absolute atomic E-state index is 0.0348. The van der Waals surface area contributed by atoms with Gasteiger partial charge in [-0.3, -0.25) is 4.79 Å². The van der Waals surface area contributed by atoms with Crippen LogP contribution in [0.1, 0.15) is 30.4 Å². The second-order valence-electron chi connectivity index (χ2n) is 6.04. The minimum atomic E-state index is -4.53. The molecule has 142 valence electrons. The number of carbonyl (C=O) groups is 1. The minimum Gasteiger partial charge on any atom is -0.385 e. The third-order valence-electron chi connectivity index (χ3n) is 4.09. The molecule has 1 heterocycles. The molecule has 9 heteroatoms. The van der Waals surface area contributed by atoms with Crippen molar-refractivity contribution in [3.05, 3.63) is 29.3 Å². The monoisotopic (exact) mass is 386 g/mol. The highest BCUT2D eigenvalue weighted by Gasteiger charge is 2.33. The van der Waals surface area contributed by atoms with E-state index in [1.807, 2.05) is 0 Å². The molecule has 0 radical (unpaired) electrons. The highest BCUT2D eigenvalue weighted by molar-refractivity contribution is 7.99. The lowest BCUT2D eigenvalue weighted by Gasteiger charge is -2.19. The van der Waals surface area contributed by atoms with Crippen molar-refractivity contribution in [1.82, 2.24) is 4.90 Å². The standard InChI is InChI=1S/C17H21F3N4OS/c18-17(19,20)13-9-12(10-21)4-5-15(13)23-6-2-1-3-14(22)16(25)24-7-8-26-11-24/h4-5,9,14,23H,1-3,6-8,11,22H2. The van der Waals surface area contributed by atoms with Crippen LogP contribution in [0.2, 0.25) is 0 Å². The fourth-order valence-electron chi connectivity index (χ4n) is 2.66. The smallest absolute Gasteiger partial charge is 0.385 e. The zero-order valence-corrected chi connectivity index (χ0v) is 15.0. The van der Waals surface area contributed by atoms with Gasteiger partial charge in [-0.15, -0.1) is 11.8 Å². The number of alkyl halides is 3. The molecule has 5 nitrogen and oxygen atoms in total. The Balaban J connectivity index is 1.79. The molecule has 1 aromatic carbocycles. The number of thioether (sulfide) groups is 1. The third-order valence-corrected chi connectivity index (χ3v) is 5.06. The largest absolute Gasteiger partial charge is 0.418 e. The summed E-state index contributed by atoms with van der Waals surface area (Å²) in [6.45, 7) is 1.05. The highest BCUT2D eigenvalue weighted by Crippen LogP contribution is 2.35. The van der Waals surface area contributed by atoms with Gasteiger partial charge in [0.15, 0.2) is 0 Å². The van der Waals surface area contributed by atoms with Gasteiger partial charge in [-0.1, -0.05) is 0 Å². The molecule has 1 aromatic rings. The second kappa shape index (κ2) is 9.14. The first kappa shape index (κ1) is 20.4. The van der Waals surface area contributed by atoms with Crippen LogP contribution in [0.4, 0.5) is 18.9 Å². The molecular formula is C17H21F3N4OS. The molecule has 0 aromatic heterocycles. The first-order valence-corrected chi connectivity index (χ1v) is 9.45. The topological polar surface area (TPSA) is 82.1 Å². The number of nitrogens with two attached hydrogens (primary N) is 1. The van der Waals surface area contributed by atoms with Gasteiger partial charge in [0.25, 0.3) is 0 Å². The zero-order chi connectivity index (χ0) is 19.2. The summed E-state index contributed by atoms with van der Waals surface area (Å²) in [7, 11) is 0. The van der Waals surface area contributed by atoms with Crippen molar-refractivity contribution in [2.75, 3.05) is 30.0 Å². The number of nitrogens with one attached hydrogen (secondary N) is 1. The molecule has 1 unspecified atom stereocenters. The van der Waals surface area contributed by atoms with Gasteiger partial charge in [-0.05, 0) is 37.5 Å². The Hall–Kier alpha value is -1.92. The van der Waals surface area contributed by atoms with Crippen LogP contribution in [-0.2, 0) is 11.0 Å². The van der Waals surface area contributed by atoms with Crippen LogP contribution in [0.25, 0.3) is 0 Å². The van der Waals surface area contributed by atoms with E-state index in [4.69, 9.17) is 11.0 Å². The molecule has 26 heavy (non-hydrogen) atoms. The van der Waals surface area contributed by atoms with Gasteiger partial charge in [0.1, 0.15) is 0 Å². The van der Waals surface area contributed by atoms with Crippen molar-refractivity contribution in [2.24, 2.45) is 5.73 Å². The fourth-order valence-corrected chi connectivity index (χ4v) is 3.62. The summed E-state index contributed by atoms with van der Waals surface area (Å²) in [6, 6.07) is 4.60. The Labute approximate surface area is 154 Å². The van der Waals surface area contributed by atoms with Gasteiger partial charge >= 0.3 is 6.18 Å². The van der Waals surface area contributed by atoms with Crippen LogP contribution < -0.4 is 11.1 Å². The lowest BCUT2D eigenvalue weighted by atomic mass is 10.1. The van der Waals surface area contributed by atoms with E-state index in [0.717, 1.165) is 18.4 Å². The van der Waals surface area contributed by atoms with Crippen molar-refractivity contribution >= 4 is 23.4 Å². The molecule has 0 spiro atoms. The number of halogens is 3. The number of benzene rings is 1. The van der Waals surface area contributed by atoms with Gasteiger partial charge < -0.3 is 16.0 Å². The Morgan fingerprint density at radius 1 is 1.42 bits per heavy atom. The van der Waals surface area contributed by atoms with Crippen molar-refractivity contribution in [1.29, 1.82) is 5.26 Å². The molecule has 0 saturated carbocycles. The average molecular weight is 386 g/mol. The van der Waals surface area contributed by atoms with Crippen molar-refractivity contribution < 1.29 is 18.0 Å². The van der Waals surface area contributed by atoms with Gasteiger partial charge in [-0.2, -0.15) is 18.4 Å². The Morgan fingerprint density at radius 3 is 2.81 bits per heavy atom. The molecule has 0 aliphatic carbocycles. The summed E-state index contributed by atoms with van der Waals surface area (Å²) >= 11 is 1.69. The summed E-state index contributed by atoms with van der Waals surface area (Å²) < 4.78 is 39.2. The second-order valence-corrected chi connectivity index (χ2v) is 7.11. The molecule has 1 aliphatic heterocycles. The third kappa shape index (κ3) is 5.54. The summed E-state index contributed by atoms with van der Waals surface area (Å²) in [4.78, 5) is 13.8. The summed E-state index contributed by atoms with van der Waals surface area (Å²) in [5.74, 6) is 1.54. The molecule has 2 rings (SSSR count). The predicted molar refractivity (Wildman–Crippen MR) is 95.5 cm³/mol. The Bertz CT molecular complexity index is 669. The number of nitriles is 1. The number of rotatable bonds is 7. The molecular weight excluding hydrogens is 365 g/mol. The van der Waals surface area contributed by atoms with Crippen molar-refractivity contribution in [2.45, 2.75) is 31.5 Å². The van der Waals surface area contributed by atoms with E-state index in [9.17, 15) is 18.0 Å². The SMILES string of the molecule is N#Cc1ccc(NCCCCC(N)C(=O)N2CCSC2)c(C(F)(F)F)c1. The quantitative estimate of drug-likeness (QED) is 0.704. The first-order chi connectivity index (χ1) is 12.3. The molecule has 0 bridgehead atoms. The maximum absolute atomic E-state index is 13.1. The van der Waals surface area contributed by atoms with E-state index in [0.29, 0.717) is 31.7 Å². The molecule has 1 saturated heterocycles. The lowest BCUT2D eigenvalue weighted by Crippen LogP contribution is -2.42.